The largest absolute Gasteiger partial charge is 0.353 e. The molecule has 0 aromatic heterocycles. The molecule has 2 unspecified atom stereocenters. The molecule has 0 radical (unpaired) electrons. The van der Waals surface area contributed by atoms with Crippen molar-refractivity contribution in [2.75, 3.05) is 32.7 Å². The number of likely N-dealkylation sites (tertiary alicyclic amines) is 1. The first-order chi connectivity index (χ1) is 8.77. The van der Waals surface area contributed by atoms with Gasteiger partial charge in [0.2, 0.25) is 5.91 Å². The lowest BCUT2D eigenvalue weighted by molar-refractivity contribution is -0.123. The van der Waals surface area contributed by atoms with Gasteiger partial charge in [-0.15, -0.1) is 0 Å². The lowest BCUT2D eigenvalue weighted by Gasteiger charge is -2.21. The van der Waals surface area contributed by atoms with Crippen LogP contribution < -0.4 is 10.6 Å². The summed E-state index contributed by atoms with van der Waals surface area (Å²) in [5, 5.41) is 6.36. The minimum atomic E-state index is 0.0362. The summed E-state index contributed by atoms with van der Waals surface area (Å²) < 4.78 is 0. The molecule has 2 aliphatic rings. The van der Waals surface area contributed by atoms with E-state index >= 15 is 0 Å². The van der Waals surface area contributed by atoms with Crippen molar-refractivity contribution >= 4 is 5.91 Å². The summed E-state index contributed by atoms with van der Waals surface area (Å²) >= 11 is 0. The fourth-order valence-corrected chi connectivity index (χ4v) is 2.99. The molecule has 2 fully saturated rings. The number of rotatable bonds is 4. The summed E-state index contributed by atoms with van der Waals surface area (Å²) in [7, 11) is 0. The standard InChI is InChI=1S/C14H27N3O/c1-12-6-7-15-13(12)14(18)16-8-11-17-9-4-2-3-5-10-17/h12-13,15H,2-11H2,1H3,(H,16,18). The van der Waals surface area contributed by atoms with E-state index in [2.05, 4.69) is 22.5 Å². The van der Waals surface area contributed by atoms with Crippen LogP contribution in [0.2, 0.25) is 0 Å². The number of hydrogen-bond acceptors (Lipinski definition) is 3. The molecular weight excluding hydrogens is 226 g/mol. The Morgan fingerprint density at radius 1 is 1.28 bits per heavy atom. The van der Waals surface area contributed by atoms with Gasteiger partial charge in [0.05, 0.1) is 6.04 Å². The summed E-state index contributed by atoms with van der Waals surface area (Å²) in [6.45, 7) is 7.34. The van der Waals surface area contributed by atoms with Gasteiger partial charge in [-0.1, -0.05) is 19.8 Å². The average molecular weight is 253 g/mol. The second-order valence-corrected chi connectivity index (χ2v) is 5.74. The van der Waals surface area contributed by atoms with Crippen LogP contribution in [0.3, 0.4) is 0 Å². The average Bonchev–Trinajstić information content (AvgIpc) is 2.63. The van der Waals surface area contributed by atoms with Crippen molar-refractivity contribution < 1.29 is 4.79 Å². The van der Waals surface area contributed by atoms with Crippen molar-refractivity contribution in [1.29, 1.82) is 0 Å². The van der Waals surface area contributed by atoms with E-state index < -0.39 is 0 Å². The highest BCUT2D eigenvalue weighted by Crippen LogP contribution is 2.14. The second kappa shape index (κ2) is 7.10. The molecule has 0 aromatic rings. The van der Waals surface area contributed by atoms with Crippen LogP contribution in [-0.4, -0.2) is 49.6 Å². The van der Waals surface area contributed by atoms with Gasteiger partial charge < -0.3 is 15.5 Å². The molecule has 1 amide bonds. The Morgan fingerprint density at radius 3 is 2.61 bits per heavy atom. The number of carbonyl (C=O) groups excluding carboxylic acids is 1. The van der Waals surface area contributed by atoms with Gasteiger partial charge in [0.1, 0.15) is 0 Å². The fourth-order valence-electron chi connectivity index (χ4n) is 2.99. The molecule has 2 heterocycles. The number of nitrogens with one attached hydrogen (secondary N) is 2. The van der Waals surface area contributed by atoms with Gasteiger partial charge in [-0.25, -0.2) is 0 Å². The van der Waals surface area contributed by atoms with Crippen LogP contribution in [0.5, 0.6) is 0 Å². The van der Waals surface area contributed by atoms with Crippen molar-refractivity contribution in [3.63, 3.8) is 0 Å². The zero-order valence-electron chi connectivity index (χ0n) is 11.6. The summed E-state index contributed by atoms with van der Waals surface area (Å²) in [5.41, 5.74) is 0. The Morgan fingerprint density at radius 2 is 2.00 bits per heavy atom. The Bertz CT molecular complexity index is 262. The van der Waals surface area contributed by atoms with Gasteiger partial charge in [-0.3, -0.25) is 4.79 Å². The van der Waals surface area contributed by atoms with Gasteiger partial charge in [-0.2, -0.15) is 0 Å². The minimum absolute atomic E-state index is 0.0362. The highest BCUT2D eigenvalue weighted by Gasteiger charge is 2.28. The summed E-state index contributed by atoms with van der Waals surface area (Å²) in [6.07, 6.45) is 6.48. The smallest absolute Gasteiger partial charge is 0.237 e. The molecule has 0 aliphatic carbocycles. The predicted octanol–water partition coefficient (Wildman–Crippen LogP) is 0.977. The molecule has 4 heteroatoms. The first-order valence-corrected chi connectivity index (χ1v) is 7.51. The summed E-state index contributed by atoms with van der Waals surface area (Å²) in [5.74, 6) is 0.665. The maximum Gasteiger partial charge on any atom is 0.237 e. The predicted molar refractivity (Wildman–Crippen MR) is 73.5 cm³/mol. The zero-order valence-corrected chi connectivity index (χ0v) is 11.6. The van der Waals surface area contributed by atoms with Crippen LogP contribution in [0.1, 0.15) is 39.0 Å². The van der Waals surface area contributed by atoms with Crippen LogP contribution in [0, 0.1) is 5.92 Å². The van der Waals surface area contributed by atoms with Crippen molar-refractivity contribution in [3.05, 3.63) is 0 Å². The Kier molecular flexibility index (Phi) is 5.45. The number of nitrogens with zero attached hydrogens (tertiary/aromatic N) is 1. The topological polar surface area (TPSA) is 44.4 Å². The fraction of sp³-hybridized carbons (Fsp3) is 0.929. The molecule has 2 atom stereocenters. The first-order valence-electron chi connectivity index (χ1n) is 7.51. The Hall–Kier alpha value is -0.610. The summed E-state index contributed by atoms with van der Waals surface area (Å²) in [4.78, 5) is 14.5. The quantitative estimate of drug-likeness (QED) is 0.785. The second-order valence-electron chi connectivity index (χ2n) is 5.74. The van der Waals surface area contributed by atoms with Gasteiger partial charge >= 0.3 is 0 Å². The molecule has 4 nitrogen and oxygen atoms in total. The van der Waals surface area contributed by atoms with Gasteiger partial charge in [0.25, 0.3) is 0 Å². The molecule has 0 bridgehead atoms. The van der Waals surface area contributed by atoms with Gasteiger partial charge in [0, 0.05) is 13.1 Å². The number of hydrogen-bond donors (Lipinski definition) is 2. The summed E-state index contributed by atoms with van der Waals surface area (Å²) in [6, 6.07) is 0.0362. The van der Waals surface area contributed by atoms with E-state index in [-0.39, 0.29) is 11.9 Å². The molecule has 2 N–H and O–H groups in total. The first kappa shape index (κ1) is 13.8. The van der Waals surface area contributed by atoms with E-state index in [1.54, 1.807) is 0 Å². The van der Waals surface area contributed by atoms with Crippen LogP contribution in [-0.2, 0) is 4.79 Å². The highest BCUT2D eigenvalue weighted by molar-refractivity contribution is 5.82. The molecule has 0 saturated carbocycles. The van der Waals surface area contributed by atoms with Crippen molar-refractivity contribution in [2.24, 2.45) is 5.92 Å². The third kappa shape index (κ3) is 3.95. The van der Waals surface area contributed by atoms with Crippen molar-refractivity contribution in [3.8, 4) is 0 Å². The molecule has 2 rings (SSSR count). The Labute approximate surface area is 110 Å². The molecule has 18 heavy (non-hydrogen) atoms. The zero-order chi connectivity index (χ0) is 12.8. The SMILES string of the molecule is CC1CCNC1C(=O)NCCN1CCCCCC1. The van der Waals surface area contributed by atoms with E-state index in [0.717, 1.165) is 26.1 Å². The Balaban J connectivity index is 1.63. The van der Waals surface area contributed by atoms with E-state index in [1.165, 1.54) is 38.8 Å². The lowest BCUT2D eigenvalue weighted by Crippen LogP contribution is -2.45. The van der Waals surface area contributed by atoms with Crippen LogP contribution in [0.15, 0.2) is 0 Å². The maximum atomic E-state index is 12.0. The molecule has 2 saturated heterocycles. The van der Waals surface area contributed by atoms with Crippen molar-refractivity contribution in [2.45, 2.75) is 45.1 Å². The highest BCUT2D eigenvalue weighted by atomic mass is 16.2. The number of carbonyl (C=O) groups is 1. The molecule has 2 aliphatic heterocycles. The molecule has 104 valence electrons. The lowest BCUT2D eigenvalue weighted by atomic mass is 10.0. The monoisotopic (exact) mass is 253 g/mol. The van der Waals surface area contributed by atoms with Crippen molar-refractivity contribution in [1.82, 2.24) is 15.5 Å². The number of amides is 1. The van der Waals surface area contributed by atoms with Crippen LogP contribution in [0.4, 0.5) is 0 Å². The van der Waals surface area contributed by atoms with E-state index in [4.69, 9.17) is 0 Å². The maximum absolute atomic E-state index is 12.0. The minimum Gasteiger partial charge on any atom is -0.353 e. The van der Waals surface area contributed by atoms with Gasteiger partial charge in [-0.05, 0) is 44.8 Å². The third-order valence-electron chi connectivity index (χ3n) is 4.24. The molecule has 0 spiro atoms. The van der Waals surface area contributed by atoms with E-state index in [1.807, 2.05) is 0 Å². The van der Waals surface area contributed by atoms with Gasteiger partial charge in [0.15, 0.2) is 0 Å². The molecule has 0 aromatic carbocycles. The third-order valence-corrected chi connectivity index (χ3v) is 4.24. The normalized spacial score (nSPS) is 30.1. The molecular formula is C14H27N3O. The van der Waals surface area contributed by atoms with E-state index in [0.29, 0.717) is 5.92 Å². The van der Waals surface area contributed by atoms with Crippen LogP contribution in [0.25, 0.3) is 0 Å². The van der Waals surface area contributed by atoms with Crippen LogP contribution >= 0.6 is 0 Å². The van der Waals surface area contributed by atoms with E-state index in [9.17, 15) is 4.79 Å².